The molecule has 0 saturated carbocycles. The van der Waals surface area contributed by atoms with Gasteiger partial charge in [-0.1, -0.05) is 0 Å². The van der Waals surface area contributed by atoms with Crippen LogP contribution in [0.1, 0.15) is 16.8 Å². The first-order chi connectivity index (χ1) is 11.3. The fourth-order valence-corrected chi connectivity index (χ4v) is 2.34. The zero-order chi connectivity index (χ0) is 18.0. The number of imidazole rings is 1. The molecule has 0 aliphatic rings. The van der Waals surface area contributed by atoms with Gasteiger partial charge in [-0.25, -0.2) is 22.7 Å². The van der Waals surface area contributed by atoms with Gasteiger partial charge in [-0.15, -0.1) is 0 Å². The molecule has 3 aromatic rings. The van der Waals surface area contributed by atoms with Crippen LogP contribution in [0.5, 0.6) is 0 Å². The van der Waals surface area contributed by atoms with Gasteiger partial charge < -0.3 is 0 Å². The zero-order valence-electron chi connectivity index (χ0n) is 13.3. The van der Waals surface area contributed by atoms with Crippen molar-refractivity contribution in [2.24, 2.45) is 0 Å². The number of benzene rings is 1. The summed E-state index contributed by atoms with van der Waals surface area (Å²) < 4.78 is 49.6. The van der Waals surface area contributed by atoms with E-state index in [9.17, 15) is 22.4 Å². The van der Waals surface area contributed by atoms with E-state index in [0.717, 1.165) is 21.8 Å². The van der Waals surface area contributed by atoms with E-state index in [1.807, 2.05) is 6.92 Å². The second kappa shape index (κ2) is 6.86. The van der Waals surface area contributed by atoms with Gasteiger partial charge in [-0.3, -0.25) is 9.20 Å². The highest BCUT2D eigenvalue weighted by Crippen LogP contribution is 2.20. The molecule has 2 aromatic heterocycles. The summed E-state index contributed by atoms with van der Waals surface area (Å²) in [5.74, 6) is -1.21. The first-order valence-electron chi connectivity index (χ1n) is 6.96. The summed E-state index contributed by atoms with van der Waals surface area (Å²) in [5, 5.41) is 0. The lowest BCUT2D eigenvalue weighted by Crippen LogP contribution is -2.23. The Morgan fingerprint density at radius 1 is 1.04 bits per heavy atom. The molecule has 0 bridgehead atoms. The van der Waals surface area contributed by atoms with Gasteiger partial charge in [-0.05, 0) is 44.0 Å². The minimum absolute atomic E-state index is 0.0552. The molecule has 24 heavy (non-hydrogen) atoms. The van der Waals surface area contributed by atoms with Crippen molar-refractivity contribution >= 4 is 5.78 Å². The first kappa shape index (κ1) is 17.7. The molecular weight excluding hydrogens is 326 g/mol. The quantitative estimate of drug-likeness (QED) is 0.501. The Balaban J connectivity index is 0.000000647. The molecule has 0 saturated heterocycles. The number of alkyl halides is 2. The maximum atomic E-state index is 14.2. The number of hydrogen-bond donors (Lipinski definition) is 0. The van der Waals surface area contributed by atoms with Gasteiger partial charge in [0, 0.05) is 5.69 Å². The Kier molecular flexibility index (Phi) is 5.06. The minimum atomic E-state index is -1.75. The Bertz CT molecular complexity index is 947. The summed E-state index contributed by atoms with van der Waals surface area (Å²) in [6.07, 6.45) is 1.44. The molecule has 3 rings (SSSR count). The van der Waals surface area contributed by atoms with Crippen LogP contribution in [0.4, 0.5) is 17.6 Å². The summed E-state index contributed by atoms with van der Waals surface area (Å²) in [6, 6.07) is 3.75. The van der Waals surface area contributed by atoms with E-state index in [0.29, 0.717) is 5.69 Å². The van der Waals surface area contributed by atoms with Gasteiger partial charge in [-0.2, -0.15) is 4.39 Å². The average Bonchev–Trinajstić information content (AvgIpc) is 2.87. The average molecular weight is 341 g/mol. The lowest BCUT2D eigenvalue weighted by atomic mass is 10.1. The fraction of sp³-hybridized carbons (Fsp3) is 0.250. The van der Waals surface area contributed by atoms with Crippen molar-refractivity contribution in [2.75, 3.05) is 6.93 Å². The van der Waals surface area contributed by atoms with Crippen LogP contribution in [-0.4, -0.2) is 20.9 Å². The van der Waals surface area contributed by atoms with Crippen molar-refractivity contribution in [2.45, 2.75) is 20.8 Å². The number of aromatic nitrogens is 3. The van der Waals surface area contributed by atoms with E-state index in [1.165, 1.54) is 16.7 Å². The monoisotopic (exact) mass is 341 g/mol. The number of fused-ring (bicyclic) bond motifs is 1. The smallest absolute Gasteiger partial charge is 0.262 e. The minimum Gasteiger partial charge on any atom is -0.269 e. The molecule has 128 valence electrons. The molecule has 0 aliphatic heterocycles. The molecule has 0 aliphatic carbocycles. The van der Waals surface area contributed by atoms with Gasteiger partial charge in [0.2, 0.25) is 18.7 Å². The second-order valence-electron chi connectivity index (χ2n) is 5.16. The summed E-state index contributed by atoms with van der Waals surface area (Å²) in [7, 11) is 0. The predicted octanol–water partition coefficient (Wildman–Crippen LogP) is 3.57. The van der Waals surface area contributed by atoms with E-state index in [-0.39, 0.29) is 11.5 Å². The molecule has 0 unspecified atom stereocenters. The summed E-state index contributed by atoms with van der Waals surface area (Å²) in [4.78, 5) is 16.1. The van der Waals surface area contributed by atoms with Crippen LogP contribution in [-0.2, 0) is 0 Å². The van der Waals surface area contributed by atoms with Crippen LogP contribution in [0.15, 0.2) is 29.2 Å². The molecule has 0 amide bonds. The molecule has 0 N–H and O–H groups in total. The van der Waals surface area contributed by atoms with Crippen LogP contribution in [0.3, 0.4) is 0 Å². The van der Waals surface area contributed by atoms with Crippen LogP contribution in [0.2, 0.25) is 0 Å². The van der Waals surface area contributed by atoms with Gasteiger partial charge in [0.1, 0.15) is 5.82 Å². The fourth-order valence-electron chi connectivity index (χ4n) is 2.34. The molecule has 0 fully saturated rings. The number of halogens is 4. The Labute approximate surface area is 135 Å². The molecule has 8 heteroatoms. The third kappa shape index (κ3) is 3.04. The van der Waals surface area contributed by atoms with E-state index in [4.69, 9.17) is 0 Å². The maximum absolute atomic E-state index is 14.2. The van der Waals surface area contributed by atoms with E-state index in [1.54, 1.807) is 19.9 Å². The van der Waals surface area contributed by atoms with Crippen LogP contribution < -0.4 is 5.56 Å². The Hall–Kier alpha value is -2.64. The van der Waals surface area contributed by atoms with Crippen molar-refractivity contribution in [3.05, 3.63) is 63.3 Å². The second-order valence-corrected chi connectivity index (χ2v) is 5.16. The third-order valence-corrected chi connectivity index (χ3v) is 3.60. The van der Waals surface area contributed by atoms with E-state index >= 15 is 0 Å². The third-order valence-electron chi connectivity index (χ3n) is 3.60. The highest BCUT2D eigenvalue weighted by atomic mass is 19.3. The normalized spacial score (nSPS) is 10.6. The van der Waals surface area contributed by atoms with Gasteiger partial charge >= 0.3 is 0 Å². The molecule has 4 nitrogen and oxygen atoms in total. The molecular formula is C16H15F4N3O. The highest BCUT2D eigenvalue weighted by Gasteiger charge is 2.16. The first-order valence-corrected chi connectivity index (χ1v) is 6.96. The van der Waals surface area contributed by atoms with Crippen LogP contribution in [0, 0.1) is 32.5 Å². The molecule has 0 radical (unpaired) electrons. The van der Waals surface area contributed by atoms with Gasteiger partial charge in [0.15, 0.2) is 0 Å². The molecule has 1 aromatic carbocycles. The Morgan fingerprint density at radius 3 is 2.25 bits per heavy atom. The largest absolute Gasteiger partial charge is 0.269 e. The summed E-state index contributed by atoms with van der Waals surface area (Å²) >= 11 is 0. The topological polar surface area (TPSA) is 39.3 Å². The predicted molar refractivity (Wildman–Crippen MR) is 82.0 cm³/mol. The standard InChI is InChI=1S/C15H13F2N3O.CH2F2/c1-8-4-11(16)12(5-9(8)2)20-14(21)6-13(17)19-10(3)7-18-15(19)20;2-1-3/h4-7H,1-3H3;1H2. The van der Waals surface area contributed by atoms with E-state index < -0.39 is 24.3 Å². The van der Waals surface area contributed by atoms with Gasteiger partial charge in [0.05, 0.1) is 18.0 Å². The highest BCUT2D eigenvalue weighted by molar-refractivity contribution is 5.48. The van der Waals surface area contributed by atoms with Crippen molar-refractivity contribution in [3.8, 4) is 5.69 Å². The molecule has 2 heterocycles. The lowest BCUT2D eigenvalue weighted by molar-refractivity contribution is 0.295. The molecule has 0 atom stereocenters. The summed E-state index contributed by atoms with van der Waals surface area (Å²) in [6.45, 7) is 3.51. The van der Waals surface area contributed by atoms with Crippen LogP contribution >= 0.6 is 0 Å². The zero-order valence-corrected chi connectivity index (χ0v) is 13.3. The number of rotatable bonds is 1. The number of nitrogens with zero attached hydrogens (tertiary/aromatic N) is 3. The molecule has 0 spiro atoms. The SMILES string of the molecule is Cc1cc(F)c(-n2c(=O)cc(F)n3c(C)cnc23)cc1C.FCF. The summed E-state index contributed by atoms with van der Waals surface area (Å²) in [5.41, 5.74) is 1.55. The van der Waals surface area contributed by atoms with Gasteiger partial charge in [0.25, 0.3) is 5.56 Å². The van der Waals surface area contributed by atoms with Crippen molar-refractivity contribution in [1.82, 2.24) is 14.0 Å². The maximum Gasteiger partial charge on any atom is 0.262 e. The number of hydrogen-bond acceptors (Lipinski definition) is 2. The van der Waals surface area contributed by atoms with Crippen molar-refractivity contribution < 1.29 is 17.6 Å². The van der Waals surface area contributed by atoms with E-state index in [2.05, 4.69) is 4.98 Å². The lowest BCUT2D eigenvalue weighted by Gasteiger charge is -2.12. The Morgan fingerprint density at radius 2 is 1.62 bits per heavy atom. The van der Waals surface area contributed by atoms with Crippen molar-refractivity contribution in [1.29, 1.82) is 0 Å². The van der Waals surface area contributed by atoms with Crippen LogP contribution in [0.25, 0.3) is 11.5 Å². The number of aryl methyl sites for hydroxylation is 3. The van der Waals surface area contributed by atoms with Crippen molar-refractivity contribution in [3.63, 3.8) is 0 Å².